The second kappa shape index (κ2) is 6.28. The van der Waals surface area contributed by atoms with E-state index in [0.717, 1.165) is 29.6 Å². The molecular formula is C19H23N3O. The number of aromatic nitrogens is 1. The normalized spacial score (nSPS) is 19.8. The summed E-state index contributed by atoms with van der Waals surface area (Å²) in [6, 6.07) is 10.2. The number of carbonyl (C=O) groups excluding carboxylic acids is 1. The highest BCUT2D eigenvalue weighted by atomic mass is 16.2. The lowest BCUT2D eigenvalue weighted by Crippen LogP contribution is -2.46. The van der Waals surface area contributed by atoms with E-state index in [1.807, 2.05) is 30.5 Å². The van der Waals surface area contributed by atoms with Crippen LogP contribution in [-0.4, -0.2) is 34.9 Å². The van der Waals surface area contributed by atoms with Gasteiger partial charge in [-0.2, -0.15) is 0 Å². The van der Waals surface area contributed by atoms with Crippen molar-refractivity contribution in [2.75, 3.05) is 13.1 Å². The van der Waals surface area contributed by atoms with E-state index in [0.29, 0.717) is 12.5 Å². The molecule has 2 heterocycles. The van der Waals surface area contributed by atoms with E-state index >= 15 is 0 Å². The first-order valence-electron chi connectivity index (χ1n) is 8.67. The van der Waals surface area contributed by atoms with Crippen LogP contribution in [0.15, 0.2) is 36.5 Å². The lowest BCUT2D eigenvalue weighted by atomic mass is 10.1. The summed E-state index contributed by atoms with van der Waals surface area (Å²) >= 11 is 0. The lowest BCUT2D eigenvalue weighted by Gasteiger charge is -2.26. The van der Waals surface area contributed by atoms with Crippen LogP contribution >= 0.6 is 0 Å². The average molecular weight is 309 g/mol. The molecule has 4 nitrogen and oxygen atoms in total. The minimum Gasteiger partial charge on any atom is -0.351 e. The predicted molar refractivity (Wildman–Crippen MR) is 90.9 cm³/mol. The topological polar surface area (TPSA) is 45.2 Å². The molecule has 1 unspecified atom stereocenters. The summed E-state index contributed by atoms with van der Waals surface area (Å²) in [4.78, 5) is 19.5. The number of amides is 1. The first-order valence-corrected chi connectivity index (χ1v) is 8.67. The molecule has 2 fully saturated rings. The van der Waals surface area contributed by atoms with Gasteiger partial charge in [0, 0.05) is 18.1 Å². The second-order valence-electron chi connectivity index (χ2n) is 6.73. The third-order valence-corrected chi connectivity index (χ3v) is 5.06. The van der Waals surface area contributed by atoms with Crippen LogP contribution in [0.25, 0.3) is 10.9 Å². The Kier molecular flexibility index (Phi) is 4.00. The summed E-state index contributed by atoms with van der Waals surface area (Å²) in [5, 5.41) is 4.31. The van der Waals surface area contributed by atoms with E-state index in [1.165, 1.54) is 25.7 Å². The van der Waals surface area contributed by atoms with Crippen LogP contribution in [0.4, 0.5) is 0 Å². The molecule has 0 spiro atoms. The van der Waals surface area contributed by atoms with E-state index in [-0.39, 0.29) is 11.9 Å². The van der Waals surface area contributed by atoms with Crippen molar-refractivity contribution in [3.05, 3.63) is 42.1 Å². The number of para-hydroxylation sites is 1. The van der Waals surface area contributed by atoms with Gasteiger partial charge < -0.3 is 5.32 Å². The van der Waals surface area contributed by atoms with Crippen molar-refractivity contribution in [1.82, 2.24) is 15.2 Å². The molecule has 1 amide bonds. The standard InChI is InChI=1S/C19H23N3O/c23-19(18(14-7-8-14)22-11-3-4-12-22)21-13-15-9-10-20-17-6-2-1-5-16(15)17/h1-2,5-6,9-10,14,18H,3-4,7-8,11-13H2,(H,21,23). The number of likely N-dealkylation sites (tertiary alicyclic amines) is 1. The number of hydrogen-bond acceptors (Lipinski definition) is 3. The van der Waals surface area contributed by atoms with Crippen LogP contribution in [0, 0.1) is 5.92 Å². The minimum absolute atomic E-state index is 0.0885. The highest BCUT2D eigenvalue weighted by molar-refractivity contribution is 5.85. The molecule has 120 valence electrons. The second-order valence-corrected chi connectivity index (χ2v) is 6.73. The number of fused-ring (bicyclic) bond motifs is 1. The van der Waals surface area contributed by atoms with Gasteiger partial charge in [0.1, 0.15) is 0 Å². The predicted octanol–water partition coefficient (Wildman–Crippen LogP) is 2.73. The smallest absolute Gasteiger partial charge is 0.237 e. The monoisotopic (exact) mass is 309 g/mol. The maximum Gasteiger partial charge on any atom is 0.237 e. The molecule has 0 bridgehead atoms. The fraction of sp³-hybridized carbons (Fsp3) is 0.474. The van der Waals surface area contributed by atoms with Crippen molar-refractivity contribution in [3.8, 4) is 0 Å². The molecule has 1 saturated carbocycles. The number of carbonyl (C=O) groups is 1. The molecule has 1 N–H and O–H groups in total. The number of nitrogens with one attached hydrogen (secondary N) is 1. The van der Waals surface area contributed by atoms with Crippen LogP contribution < -0.4 is 5.32 Å². The Morgan fingerprint density at radius 2 is 2.00 bits per heavy atom. The summed E-state index contributed by atoms with van der Waals surface area (Å²) in [5.41, 5.74) is 2.12. The van der Waals surface area contributed by atoms with Gasteiger partial charge >= 0.3 is 0 Å². The maximum absolute atomic E-state index is 12.8. The minimum atomic E-state index is 0.0885. The van der Waals surface area contributed by atoms with Crippen LogP contribution in [0.5, 0.6) is 0 Å². The lowest BCUT2D eigenvalue weighted by molar-refractivity contribution is -0.127. The Bertz CT molecular complexity index is 699. The summed E-state index contributed by atoms with van der Waals surface area (Å²) in [7, 11) is 0. The van der Waals surface area contributed by atoms with Gasteiger partial charge in [-0.3, -0.25) is 14.7 Å². The van der Waals surface area contributed by atoms with E-state index < -0.39 is 0 Å². The number of pyridine rings is 1. The molecule has 1 aromatic heterocycles. The van der Waals surface area contributed by atoms with Crippen molar-refractivity contribution in [1.29, 1.82) is 0 Å². The summed E-state index contributed by atoms with van der Waals surface area (Å²) in [5.74, 6) is 0.776. The average Bonchev–Trinajstić information content (AvgIpc) is 3.27. The molecule has 4 rings (SSSR count). The Balaban J connectivity index is 1.47. The van der Waals surface area contributed by atoms with E-state index in [2.05, 4.69) is 21.3 Å². The third kappa shape index (κ3) is 3.08. The van der Waals surface area contributed by atoms with Crippen molar-refractivity contribution in [2.24, 2.45) is 5.92 Å². The van der Waals surface area contributed by atoms with Crippen LogP contribution in [-0.2, 0) is 11.3 Å². The van der Waals surface area contributed by atoms with Gasteiger partial charge in [0.2, 0.25) is 5.91 Å². The van der Waals surface area contributed by atoms with E-state index in [4.69, 9.17) is 0 Å². The van der Waals surface area contributed by atoms with Crippen LogP contribution in [0.3, 0.4) is 0 Å². The zero-order valence-corrected chi connectivity index (χ0v) is 13.4. The largest absolute Gasteiger partial charge is 0.351 e. The fourth-order valence-electron chi connectivity index (χ4n) is 3.71. The molecule has 23 heavy (non-hydrogen) atoms. The molecule has 1 aliphatic carbocycles. The Hall–Kier alpha value is -1.94. The van der Waals surface area contributed by atoms with Crippen LogP contribution in [0.2, 0.25) is 0 Å². The maximum atomic E-state index is 12.8. The highest BCUT2D eigenvalue weighted by Gasteiger charge is 2.40. The van der Waals surface area contributed by atoms with Gasteiger partial charge in [0.05, 0.1) is 11.6 Å². The Morgan fingerprint density at radius 3 is 2.78 bits per heavy atom. The van der Waals surface area contributed by atoms with Gasteiger partial charge in [0.15, 0.2) is 0 Å². The Morgan fingerprint density at radius 1 is 1.22 bits per heavy atom. The SMILES string of the molecule is O=C(NCc1ccnc2ccccc12)C(C1CC1)N1CCCC1. The summed E-state index contributed by atoms with van der Waals surface area (Å²) in [6.07, 6.45) is 6.68. The van der Waals surface area contributed by atoms with Gasteiger partial charge in [0.25, 0.3) is 0 Å². The molecule has 1 aliphatic heterocycles. The number of hydrogen-bond donors (Lipinski definition) is 1. The quantitative estimate of drug-likeness (QED) is 0.923. The number of rotatable bonds is 5. The fourth-order valence-corrected chi connectivity index (χ4v) is 3.71. The molecule has 4 heteroatoms. The molecule has 1 atom stereocenters. The van der Waals surface area contributed by atoms with Crippen molar-refractivity contribution in [3.63, 3.8) is 0 Å². The first kappa shape index (κ1) is 14.6. The van der Waals surface area contributed by atoms with E-state index in [1.54, 1.807) is 0 Å². The third-order valence-electron chi connectivity index (χ3n) is 5.06. The molecule has 2 aliphatic rings. The zero-order valence-electron chi connectivity index (χ0n) is 13.4. The Labute approximate surface area is 136 Å². The van der Waals surface area contributed by atoms with E-state index in [9.17, 15) is 4.79 Å². The van der Waals surface area contributed by atoms with Gasteiger partial charge in [-0.05, 0) is 62.4 Å². The van der Waals surface area contributed by atoms with Gasteiger partial charge in [-0.1, -0.05) is 18.2 Å². The molecule has 1 aromatic carbocycles. The van der Waals surface area contributed by atoms with Crippen molar-refractivity contribution < 1.29 is 4.79 Å². The molecule has 0 radical (unpaired) electrons. The first-order chi connectivity index (χ1) is 11.3. The van der Waals surface area contributed by atoms with Crippen molar-refractivity contribution in [2.45, 2.75) is 38.3 Å². The highest BCUT2D eigenvalue weighted by Crippen LogP contribution is 2.36. The summed E-state index contributed by atoms with van der Waals surface area (Å²) in [6.45, 7) is 2.73. The van der Waals surface area contributed by atoms with Gasteiger partial charge in [-0.25, -0.2) is 0 Å². The number of benzene rings is 1. The van der Waals surface area contributed by atoms with Crippen molar-refractivity contribution >= 4 is 16.8 Å². The molecular weight excluding hydrogens is 286 g/mol. The number of nitrogens with zero attached hydrogens (tertiary/aromatic N) is 2. The molecule has 1 saturated heterocycles. The zero-order chi connectivity index (χ0) is 15.6. The molecule has 2 aromatic rings. The van der Waals surface area contributed by atoms with Gasteiger partial charge in [-0.15, -0.1) is 0 Å². The summed E-state index contributed by atoms with van der Waals surface area (Å²) < 4.78 is 0. The van der Waals surface area contributed by atoms with Crippen LogP contribution in [0.1, 0.15) is 31.2 Å².